The van der Waals surface area contributed by atoms with Crippen molar-refractivity contribution in [3.05, 3.63) is 35.6 Å². The summed E-state index contributed by atoms with van der Waals surface area (Å²) in [6.07, 6.45) is 0.973. The molecule has 3 nitrogen and oxygen atoms in total. The van der Waals surface area contributed by atoms with Crippen LogP contribution >= 0.6 is 0 Å². The van der Waals surface area contributed by atoms with Crippen molar-refractivity contribution in [3.8, 4) is 11.1 Å². The van der Waals surface area contributed by atoms with Crippen molar-refractivity contribution in [2.24, 2.45) is 0 Å². The zero-order valence-electron chi connectivity index (χ0n) is 11.4. The molecule has 0 atom stereocenters. The summed E-state index contributed by atoms with van der Waals surface area (Å²) in [5.41, 5.74) is 9.12. The minimum Gasteiger partial charge on any atom is -0.380 e. The van der Waals surface area contributed by atoms with Gasteiger partial charge in [-0.05, 0) is 18.9 Å². The van der Waals surface area contributed by atoms with Crippen molar-refractivity contribution in [1.29, 1.82) is 0 Å². The maximum absolute atomic E-state index is 5.96. The first kappa shape index (κ1) is 12.7. The van der Waals surface area contributed by atoms with Crippen LogP contribution in [-0.4, -0.2) is 5.16 Å². The fraction of sp³-hybridized carbons (Fsp3) is 0.400. The van der Waals surface area contributed by atoms with Crippen LogP contribution in [0.3, 0.4) is 0 Å². The molecule has 0 unspecified atom stereocenters. The van der Waals surface area contributed by atoms with E-state index in [1.165, 1.54) is 5.56 Å². The Labute approximate surface area is 108 Å². The number of nitrogens with two attached hydrogens (primary N) is 1. The van der Waals surface area contributed by atoms with Crippen molar-refractivity contribution in [3.63, 3.8) is 0 Å². The second-order valence-corrected chi connectivity index (χ2v) is 5.38. The molecule has 0 aliphatic carbocycles. The number of anilines is 1. The Morgan fingerprint density at radius 2 is 1.83 bits per heavy atom. The van der Waals surface area contributed by atoms with E-state index in [-0.39, 0.29) is 5.41 Å². The van der Waals surface area contributed by atoms with E-state index in [0.29, 0.717) is 5.82 Å². The molecule has 96 valence electrons. The van der Waals surface area contributed by atoms with Crippen LogP contribution in [0, 0.1) is 6.92 Å². The second-order valence-electron chi connectivity index (χ2n) is 5.38. The molecule has 0 aliphatic heterocycles. The van der Waals surface area contributed by atoms with Crippen LogP contribution < -0.4 is 5.73 Å². The van der Waals surface area contributed by atoms with Gasteiger partial charge in [-0.1, -0.05) is 55.8 Å². The lowest BCUT2D eigenvalue weighted by Gasteiger charge is -2.20. The number of benzene rings is 1. The molecule has 0 bridgehead atoms. The molecule has 2 aromatic rings. The van der Waals surface area contributed by atoms with Gasteiger partial charge in [0.1, 0.15) is 0 Å². The zero-order chi connectivity index (χ0) is 13.3. The molecule has 18 heavy (non-hydrogen) atoms. The largest absolute Gasteiger partial charge is 0.380 e. The Balaban J connectivity index is 2.57. The average molecular weight is 244 g/mol. The number of hydrogen-bond donors (Lipinski definition) is 1. The first-order valence-electron chi connectivity index (χ1n) is 6.28. The average Bonchev–Trinajstić information content (AvgIpc) is 2.73. The maximum atomic E-state index is 5.96. The Hall–Kier alpha value is -1.77. The molecule has 3 heteroatoms. The highest BCUT2D eigenvalue weighted by atomic mass is 16.5. The standard InChI is InChI=1S/C15H20N2O/c1-5-15(3,4)13-12(14(16)17-18-13)11-8-6-10(2)7-9-11/h6-9H,5H2,1-4H3,(H2,16,17). The van der Waals surface area contributed by atoms with Gasteiger partial charge in [-0.25, -0.2) is 0 Å². The molecule has 0 spiro atoms. The highest BCUT2D eigenvalue weighted by Crippen LogP contribution is 2.38. The highest BCUT2D eigenvalue weighted by molar-refractivity contribution is 5.76. The minimum absolute atomic E-state index is 0.0646. The first-order chi connectivity index (χ1) is 8.45. The normalized spacial score (nSPS) is 11.8. The molecular weight excluding hydrogens is 224 g/mol. The van der Waals surface area contributed by atoms with Crippen LogP contribution in [0.4, 0.5) is 5.82 Å². The molecule has 0 saturated carbocycles. The first-order valence-corrected chi connectivity index (χ1v) is 6.28. The van der Waals surface area contributed by atoms with Gasteiger partial charge in [0, 0.05) is 5.41 Å². The van der Waals surface area contributed by atoms with Crippen molar-refractivity contribution in [2.75, 3.05) is 5.73 Å². The third kappa shape index (κ3) is 2.13. The van der Waals surface area contributed by atoms with E-state index in [4.69, 9.17) is 10.3 Å². The van der Waals surface area contributed by atoms with E-state index < -0.39 is 0 Å². The molecule has 0 aliphatic rings. The summed E-state index contributed by atoms with van der Waals surface area (Å²) < 4.78 is 5.46. The van der Waals surface area contributed by atoms with Gasteiger partial charge in [0.05, 0.1) is 5.56 Å². The van der Waals surface area contributed by atoms with Crippen LogP contribution in [0.15, 0.2) is 28.8 Å². The monoisotopic (exact) mass is 244 g/mol. The number of aromatic nitrogens is 1. The van der Waals surface area contributed by atoms with E-state index in [0.717, 1.165) is 23.3 Å². The molecule has 0 radical (unpaired) electrons. The summed E-state index contributed by atoms with van der Waals surface area (Å²) in [7, 11) is 0. The van der Waals surface area contributed by atoms with E-state index >= 15 is 0 Å². The fourth-order valence-corrected chi connectivity index (χ4v) is 1.92. The van der Waals surface area contributed by atoms with Crippen LogP contribution in [0.1, 0.15) is 38.5 Å². The van der Waals surface area contributed by atoms with Gasteiger partial charge in [-0.15, -0.1) is 0 Å². The van der Waals surface area contributed by atoms with Gasteiger partial charge in [0.15, 0.2) is 11.6 Å². The molecule has 2 N–H and O–H groups in total. The van der Waals surface area contributed by atoms with Crippen LogP contribution in [0.2, 0.25) is 0 Å². The molecule has 1 aromatic carbocycles. The van der Waals surface area contributed by atoms with Crippen molar-refractivity contribution in [1.82, 2.24) is 5.16 Å². The topological polar surface area (TPSA) is 52.0 Å². The Bertz CT molecular complexity index is 538. The zero-order valence-corrected chi connectivity index (χ0v) is 11.4. The molecular formula is C15H20N2O. The molecule has 2 rings (SSSR count). The number of hydrogen-bond acceptors (Lipinski definition) is 3. The van der Waals surface area contributed by atoms with Crippen LogP contribution in [0.5, 0.6) is 0 Å². The van der Waals surface area contributed by atoms with Crippen molar-refractivity contribution < 1.29 is 4.52 Å². The van der Waals surface area contributed by atoms with Crippen molar-refractivity contribution in [2.45, 2.75) is 39.5 Å². The number of nitrogen functional groups attached to an aromatic ring is 1. The van der Waals surface area contributed by atoms with Gasteiger partial charge in [0.2, 0.25) is 0 Å². The van der Waals surface area contributed by atoms with Gasteiger partial charge >= 0.3 is 0 Å². The van der Waals surface area contributed by atoms with Gasteiger partial charge in [-0.3, -0.25) is 0 Å². The fourth-order valence-electron chi connectivity index (χ4n) is 1.92. The summed E-state index contributed by atoms with van der Waals surface area (Å²) in [5, 5.41) is 3.93. The molecule has 0 fully saturated rings. The van der Waals surface area contributed by atoms with Crippen LogP contribution in [-0.2, 0) is 5.41 Å². The lowest BCUT2D eigenvalue weighted by Crippen LogP contribution is -2.15. The predicted molar refractivity (Wildman–Crippen MR) is 74.4 cm³/mol. The molecule has 1 heterocycles. The van der Waals surface area contributed by atoms with E-state index in [9.17, 15) is 0 Å². The Morgan fingerprint density at radius 3 is 2.39 bits per heavy atom. The number of rotatable bonds is 3. The predicted octanol–water partition coefficient (Wildman–Crippen LogP) is 3.92. The van der Waals surface area contributed by atoms with E-state index in [1.807, 2.05) is 0 Å². The summed E-state index contributed by atoms with van der Waals surface area (Å²) in [6, 6.07) is 8.27. The third-order valence-corrected chi connectivity index (χ3v) is 3.56. The Morgan fingerprint density at radius 1 is 1.22 bits per heavy atom. The summed E-state index contributed by atoms with van der Waals surface area (Å²) in [5.74, 6) is 1.33. The van der Waals surface area contributed by atoms with Crippen molar-refractivity contribution >= 4 is 5.82 Å². The molecule has 0 amide bonds. The van der Waals surface area contributed by atoms with Gasteiger partial charge in [0.25, 0.3) is 0 Å². The smallest absolute Gasteiger partial charge is 0.175 e. The second kappa shape index (κ2) is 4.48. The SMILES string of the molecule is CCC(C)(C)c1onc(N)c1-c1ccc(C)cc1. The van der Waals surface area contributed by atoms with E-state index in [1.54, 1.807) is 0 Å². The highest BCUT2D eigenvalue weighted by Gasteiger charge is 2.29. The van der Waals surface area contributed by atoms with Gasteiger partial charge < -0.3 is 10.3 Å². The van der Waals surface area contributed by atoms with E-state index in [2.05, 4.69) is 57.1 Å². The van der Waals surface area contributed by atoms with Crippen LogP contribution in [0.25, 0.3) is 11.1 Å². The minimum atomic E-state index is -0.0646. The summed E-state index contributed by atoms with van der Waals surface area (Å²) in [4.78, 5) is 0. The lowest BCUT2D eigenvalue weighted by atomic mass is 9.83. The van der Waals surface area contributed by atoms with Gasteiger partial charge in [-0.2, -0.15) is 0 Å². The Kier molecular flexibility index (Phi) is 3.16. The summed E-state index contributed by atoms with van der Waals surface area (Å²) >= 11 is 0. The molecule has 0 saturated heterocycles. The quantitative estimate of drug-likeness (QED) is 0.890. The maximum Gasteiger partial charge on any atom is 0.175 e. The number of nitrogens with zero attached hydrogens (tertiary/aromatic N) is 1. The lowest BCUT2D eigenvalue weighted by molar-refractivity contribution is 0.313. The number of aryl methyl sites for hydroxylation is 1. The summed E-state index contributed by atoms with van der Waals surface area (Å²) in [6.45, 7) is 8.49. The molecule has 1 aromatic heterocycles. The third-order valence-electron chi connectivity index (χ3n) is 3.56.